The fourth-order valence-corrected chi connectivity index (χ4v) is 4.01. The van der Waals surface area contributed by atoms with Crippen molar-refractivity contribution in [2.75, 3.05) is 11.9 Å². The molecule has 11 heteroatoms. The summed E-state index contributed by atoms with van der Waals surface area (Å²) < 4.78 is 0. The van der Waals surface area contributed by atoms with E-state index in [1.165, 1.54) is 0 Å². The smallest absolute Gasteiger partial charge is 0.305 e. The Hall–Kier alpha value is -4.25. The third-order valence-corrected chi connectivity index (χ3v) is 5.47. The van der Waals surface area contributed by atoms with Gasteiger partial charge in [0, 0.05) is 0 Å². The summed E-state index contributed by atoms with van der Waals surface area (Å²) in [5.74, 6) is -2.52. The number of rotatable bonds is 9. The summed E-state index contributed by atoms with van der Waals surface area (Å²) in [6.45, 7) is -0.372. The van der Waals surface area contributed by atoms with Gasteiger partial charge in [0.1, 0.15) is 5.69 Å². The number of aliphatic carboxylic acids is 1. The number of aromatic nitrogens is 1. The van der Waals surface area contributed by atoms with Crippen LogP contribution in [0.1, 0.15) is 28.5 Å². The van der Waals surface area contributed by atoms with E-state index < -0.39 is 23.8 Å². The number of carbonyl (C=O) groups is 3. The lowest BCUT2D eigenvalue weighted by molar-refractivity contribution is -0.137. The molecule has 2 amide bonds. The number of hydrogen-bond donors (Lipinski definition) is 6. The summed E-state index contributed by atoms with van der Waals surface area (Å²) in [5, 5.41) is 24.5. The van der Waals surface area contributed by atoms with Gasteiger partial charge >= 0.3 is 5.97 Å². The summed E-state index contributed by atoms with van der Waals surface area (Å²) >= 11 is 1.15. The fraction of sp³-hybridized carbons (Fsp3) is 0.136. The summed E-state index contributed by atoms with van der Waals surface area (Å²) in [4.78, 5) is 41.3. The van der Waals surface area contributed by atoms with Crippen LogP contribution in [-0.2, 0) is 9.59 Å². The van der Waals surface area contributed by atoms with Crippen LogP contribution in [0.15, 0.2) is 60.7 Å². The minimum Gasteiger partial charge on any atom is -0.481 e. The van der Waals surface area contributed by atoms with Gasteiger partial charge in [-0.3, -0.25) is 19.8 Å². The van der Waals surface area contributed by atoms with Crippen molar-refractivity contribution in [1.82, 2.24) is 15.6 Å². The van der Waals surface area contributed by atoms with Crippen molar-refractivity contribution >= 4 is 40.2 Å². The van der Waals surface area contributed by atoms with Crippen molar-refractivity contribution in [2.24, 2.45) is 5.73 Å². The molecule has 0 fully saturated rings. The van der Waals surface area contributed by atoms with Crippen LogP contribution in [-0.4, -0.2) is 40.4 Å². The third kappa shape index (κ3) is 6.61. The molecule has 1 atom stereocenters. The van der Waals surface area contributed by atoms with Gasteiger partial charge in [-0.15, -0.1) is 0 Å². The predicted molar refractivity (Wildman–Crippen MR) is 125 cm³/mol. The quantitative estimate of drug-likeness (QED) is 0.207. The summed E-state index contributed by atoms with van der Waals surface area (Å²) in [7, 11) is 0. The minimum atomic E-state index is -1.06. The van der Waals surface area contributed by atoms with E-state index in [1.54, 1.807) is 30.3 Å². The summed E-state index contributed by atoms with van der Waals surface area (Å²) in [6, 6.07) is 17.1. The van der Waals surface area contributed by atoms with Gasteiger partial charge < -0.3 is 26.8 Å². The number of carboxylic acid groups (broad SMARTS) is 1. The standard InChI is InChI=1S/C22H22N6O4S/c23-21(24)28-22-27-18(19(33-22)14-9-5-2-6-10-14)20(32)25-12-16(29)26-15(11-17(30)31)13-7-3-1-4-8-13/h1-10,15H,11-12H2,(H,25,32)(H,26,29)(H,30,31)(H4,23,24,27,28). The van der Waals surface area contributed by atoms with Crippen LogP contribution in [0.2, 0.25) is 0 Å². The number of benzene rings is 2. The summed E-state index contributed by atoms with van der Waals surface area (Å²) in [6.07, 6.45) is -0.298. The molecule has 1 heterocycles. The molecular formula is C22H22N6O4S. The molecule has 1 aromatic heterocycles. The maximum absolute atomic E-state index is 12.8. The Morgan fingerprint density at radius 2 is 1.70 bits per heavy atom. The Balaban J connectivity index is 1.71. The van der Waals surface area contributed by atoms with Crippen LogP contribution in [0.25, 0.3) is 10.4 Å². The number of anilines is 1. The Labute approximate surface area is 193 Å². The van der Waals surface area contributed by atoms with Crippen LogP contribution in [0.4, 0.5) is 5.13 Å². The van der Waals surface area contributed by atoms with E-state index in [0.717, 1.165) is 16.9 Å². The number of hydrogen-bond acceptors (Lipinski definition) is 6. The van der Waals surface area contributed by atoms with E-state index in [2.05, 4.69) is 20.9 Å². The van der Waals surface area contributed by atoms with Crippen LogP contribution in [0, 0.1) is 5.41 Å². The zero-order chi connectivity index (χ0) is 23.8. The van der Waals surface area contributed by atoms with Crippen molar-refractivity contribution in [1.29, 1.82) is 5.41 Å². The number of carboxylic acids is 1. The molecule has 0 spiro atoms. The topological polar surface area (TPSA) is 170 Å². The van der Waals surface area contributed by atoms with Crippen LogP contribution in [0.3, 0.4) is 0 Å². The highest BCUT2D eigenvalue weighted by Gasteiger charge is 2.22. The lowest BCUT2D eigenvalue weighted by Gasteiger charge is -2.17. The molecule has 2 aromatic carbocycles. The number of thiazole rings is 1. The second-order valence-electron chi connectivity index (χ2n) is 6.91. The second kappa shape index (κ2) is 10.9. The van der Waals surface area contributed by atoms with Crippen molar-refractivity contribution in [3.05, 3.63) is 71.9 Å². The number of nitrogens with zero attached hydrogens (tertiary/aromatic N) is 1. The predicted octanol–water partition coefficient (Wildman–Crippen LogP) is 2.18. The molecule has 0 bridgehead atoms. The molecule has 33 heavy (non-hydrogen) atoms. The van der Waals surface area contributed by atoms with Crippen LogP contribution in [0.5, 0.6) is 0 Å². The summed E-state index contributed by atoms with van der Waals surface area (Å²) in [5.41, 5.74) is 6.83. The first-order valence-electron chi connectivity index (χ1n) is 9.85. The van der Waals surface area contributed by atoms with Gasteiger partial charge in [-0.2, -0.15) is 0 Å². The average Bonchev–Trinajstić information content (AvgIpc) is 3.21. The van der Waals surface area contributed by atoms with Gasteiger partial charge in [-0.1, -0.05) is 72.0 Å². The molecule has 0 radical (unpaired) electrons. The zero-order valence-corrected chi connectivity index (χ0v) is 18.2. The van der Waals surface area contributed by atoms with Crippen molar-refractivity contribution in [3.8, 4) is 10.4 Å². The number of amides is 2. The van der Waals surface area contributed by atoms with Gasteiger partial charge in [-0.05, 0) is 11.1 Å². The van der Waals surface area contributed by atoms with Crippen LogP contribution < -0.4 is 21.7 Å². The third-order valence-electron chi connectivity index (χ3n) is 4.45. The Morgan fingerprint density at radius 3 is 2.30 bits per heavy atom. The van der Waals surface area contributed by atoms with Crippen molar-refractivity contribution in [2.45, 2.75) is 12.5 Å². The highest BCUT2D eigenvalue weighted by atomic mass is 32.1. The molecule has 170 valence electrons. The molecule has 1 unspecified atom stereocenters. The van der Waals surface area contributed by atoms with E-state index in [-0.39, 0.29) is 29.8 Å². The number of guanidine groups is 1. The normalized spacial score (nSPS) is 11.3. The van der Waals surface area contributed by atoms with Gasteiger partial charge in [0.05, 0.1) is 23.9 Å². The lowest BCUT2D eigenvalue weighted by Crippen LogP contribution is -2.39. The zero-order valence-electron chi connectivity index (χ0n) is 17.4. The van der Waals surface area contributed by atoms with Gasteiger partial charge in [0.2, 0.25) is 5.91 Å². The Bertz CT molecular complexity index is 1150. The molecule has 0 aliphatic rings. The number of nitrogens with one attached hydrogen (secondary N) is 4. The average molecular weight is 467 g/mol. The number of carbonyl (C=O) groups excluding carboxylic acids is 2. The minimum absolute atomic E-state index is 0.0768. The van der Waals surface area contributed by atoms with E-state index in [1.807, 2.05) is 30.3 Å². The molecule has 3 aromatic rings. The monoisotopic (exact) mass is 466 g/mol. The molecule has 3 rings (SSSR count). The molecule has 0 saturated carbocycles. The van der Waals surface area contributed by atoms with Gasteiger partial charge in [0.15, 0.2) is 11.1 Å². The first-order chi connectivity index (χ1) is 15.8. The molecule has 10 nitrogen and oxygen atoms in total. The highest BCUT2D eigenvalue weighted by Crippen LogP contribution is 2.33. The largest absolute Gasteiger partial charge is 0.481 e. The Morgan fingerprint density at radius 1 is 1.06 bits per heavy atom. The molecule has 0 aliphatic carbocycles. The maximum atomic E-state index is 12.8. The maximum Gasteiger partial charge on any atom is 0.305 e. The fourth-order valence-electron chi connectivity index (χ4n) is 3.03. The molecule has 7 N–H and O–H groups in total. The first-order valence-corrected chi connectivity index (χ1v) is 10.7. The van der Waals surface area contributed by atoms with E-state index in [9.17, 15) is 19.5 Å². The van der Waals surface area contributed by atoms with Crippen LogP contribution >= 0.6 is 11.3 Å². The first kappa shape index (κ1) is 23.4. The van der Waals surface area contributed by atoms with E-state index in [0.29, 0.717) is 10.4 Å². The van der Waals surface area contributed by atoms with E-state index >= 15 is 0 Å². The SMILES string of the molecule is N=C(N)Nc1nc(C(=O)NCC(=O)NC(CC(=O)O)c2ccccc2)c(-c2ccccc2)s1. The number of nitrogens with two attached hydrogens (primary N) is 1. The van der Waals surface area contributed by atoms with Gasteiger partial charge in [0.25, 0.3) is 5.91 Å². The second-order valence-corrected chi connectivity index (χ2v) is 7.91. The Kier molecular flexibility index (Phi) is 7.71. The van der Waals surface area contributed by atoms with E-state index in [4.69, 9.17) is 11.1 Å². The van der Waals surface area contributed by atoms with Gasteiger partial charge in [-0.25, -0.2) is 4.98 Å². The van der Waals surface area contributed by atoms with Crippen molar-refractivity contribution < 1.29 is 19.5 Å². The lowest BCUT2D eigenvalue weighted by atomic mass is 10.0. The molecule has 0 aliphatic heterocycles. The highest BCUT2D eigenvalue weighted by molar-refractivity contribution is 7.19. The van der Waals surface area contributed by atoms with Crippen molar-refractivity contribution in [3.63, 3.8) is 0 Å². The molecular weight excluding hydrogens is 444 g/mol. The molecule has 0 saturated heterocycles.